The van der Waals surface area contributed by atoms with E-state index in [4.69, 9.17) is 14.2 Å². The van der Waals surface area contributed by atoms with Gasteiger partial charge in [0, 0.05) is 27.2 Å². The van der Waals surface area contributed by atoms with Gasteiger partial charge in [0.25, 0.3) is 0 Å². The lowest BCUT2D eigenvalue weighted by atomic mass is 10.2. The average Bonchev–Trinajstić information content (AvgIpc) is 1.90. The van der Waals surface area contributed by atoms with Crippen molar-refractivity contribution in [3.05, 3.63) is 0 Å². The van der Waals surface area contributed by atoms with Crippen LogP contribution >= 0.6 is 0 Å². The molecule has 0 unspecified atom stereocenters. The van der Waals surface area contributed by atoms with Crippen molar-refractivity contribution in [3.8, 4) is 0 Å². The van der Waals surface area contributed by atoms with Gasteiger partial charge in [0.15, 0.2) is 0 Å². The zero-order chi connectivity index (χ0) is 7.82. The fraction of sp³-hybridized carbons (Fsp3) is 1.00. The van der Waals surface area contributed by atoms with E-state index in [1.54, 1.807) is 21.3 Å². The van der Waals surface area contributed by atoms with Gasteiger partial charge in [0.1, 0.15) is 0 Å². The van der Waals surface area contributed by atoms with Crippen molar-refractivity contribution in [1.29, 1.82) is 0 Å². The topological polar surface area (TPSA) is 27.7 Å². The third-order valence-electron chi connectivity index (χ3n) is 1.21. The summed E-state index contributed by atoms with van der Waals surface area (Å²) >= 11 is 0. The Morgan fingerprint density at radius 1 is 0.800 bits per heavy atom. The molecule has 0 aliphatic rings. The number of hydrogen-bond acceptors (Lipinski definition) is 3. The standard InChI is InChI=1S/C7H16O3/c1-8-4-7(5-9-2)6-10-3/h7H,4-6H2,1-3H3. The minimum atomic E-state index is 0.361. The number of hydrogen-bond donors (Lipinski definition) is 0. The molecule has 3 nitrogen and oxygen atoms in total. The zero-order valence-electron chi connectivity index (χ0n) is 6.92. The van der Waals surface area contributed by atoms with Crippen LogP contribution in [0.3, 0.4) is 0 Å². The first kappa shape index (κ1) is 9.88. The van der Waals surface area contributed by atoms with Crippen molar-refractivity contribution >= 4 is 0 Å². The molecule has 0 aromatic heterocycles. The van der Waals surface area contributed by atoms with Crippen LogP contribution in [0.1, 0.15) is 0 Å². The number of ether oxygens (including phenoxy) is 3. The first-order valence-corrected chi connectivity index (χ1v) is 3.32. The summed E-state index contributed by atoms with van der Waals surface area (Å²) in [7, 11) is 5.04. The van der Waals surface area contributed by atoms with E-state index < -0.39 is 0 Å². The van der Waals surface area contributed by atoms with E-state index in [9.17, 15) is 0 Å². The maximum Gasteiger partial charge on any atom is 0.0534 e. The van der Waals surface area contributed by atoms with Crippen LogP contribution in [0.15, 0.2) is 0 Å². The van der Waals surface area contributed by atoms with Crippen LogP contribution in [-0.4, -0.2) is 41.2 Å². The van der Waals surface area contributed by atoms with Crippen LogP contribution in [0, 0.1) is 5.92 Å². The monoisotopic (exact) mass is 148 g/mol. The molecule has 0 atom stereocenters. The Labute approximate surface area is 62.3 Å². The quantitative estimate of drug-likeness (QED) is 0.550. The molecule has 0 fully saturated rings. The first-order chi connectivity index (χ1) is 4.85. The SMILES string of the molecule is COCC(COC)COC. The van der Waals surface area contributed by atoms with Gasteiger partial charge in [0.05, 0.1) is 19.8 Å². The Kier molecular flexibility index (Phi) is 6.91. The Hall–Kier alpha value is -0.120. The van der Waals surface area contributed by atoms with Gasteiger partial charge in [-0.05, 0) is 0 Å². The highest BCUT2D eigenvalue weighted by molar-refractivity contribution is 4.53. The summed E-state index contributed by atoms with van der Waals surface area (Å²) in [5.41, 5.74) is 0. The Morgan fingerprint density at radius 3 is 1.30 bits per heavy atom. The van der Waals surface area contributed by atoms with E-state index in [2.05, 4.69) is 0 Å². The summed E-state index contributed by atoms with van der Waals surface area (Å²) in [6.07, 6.45) is 0. The van der Waals surface area contributed by atoms with Gasteiger partial charge in [-0.2, -0.15) is 0 Å². The Bertz CT molecular complexity index is 51.6. The van der Waals surface area contributed by atoms with Gasteiger partial charge in [-0.25, -0.2) is 0 Å². The predicted molar refractivity (Wildman–Crippen MR) is 39.1 cm³/mol. The highest BCUT2D eigenvalue weighted by Crippen LogP contribution is 1.97. The second-order valence-corrected chi connectivity index (χ2v) is 2.23. The predicted octanol–water partition coefficient (Wildman–Crippen LogP) is 0.542. The molecule has 0 aromatic rings. The normalized spacial score (nSPS) is 10.8. The maximum absolute atomic E-state index is 4.95. The highest BCUT2D eigenvalue weighted by Gasteiger charge is 2.06. The summed E-state index contributed by atoms with van der Waals surface area (Å²) in [6, 6.07) is 0. The number of methoxy groups -OCH3 is 3. The lowest BCUT2D eigenvalue weighted by Gasteiger charge is -2.12. The van der Waals surface area contributed by atoms with Gasteiger partial charge in [0.2, 0.25) is 0 Å². The summed E-state index contributed by atoms with van der Waals surface area (Å²) in [5.74, 6) is 0.361. The van der Waals surface area contributed by atoms with Crippen molar-refractivity contribution in [1.82, 2.24) is 0 Å². The average molecular weight is 148 g/mol. The van der Waals surface area contributed by atoms with Crippen molar-refractivity contribution in [2.45, 2.75) is 0 Å². The van der Waals surface area contributed by atoms with E-state index in [1.165, 1.54) is 0 Å². The Balaban J connectivity index is 3.30. The van der Waals surface area contributed by atoms with E-state index in [0.29, 0.717) is 25.7 Å². The van der Waals surface area contributed by atoms with E-state index in [0.717, 1.165) is 0 Å². The molecule has 0 saturated heterocycles. The molecule has 0 rings (SSSR count). The molecule has 0 aliphatic carbocycles. The minimum Gasteiger partial charge on any atom is -0.384 e. The van der Waals surface area contributed by atoms with Crippen molar-refractivity contribution < 1.29 is 14.2 Å². The third-order valence-corrected chi connectivity index (χ3v) is 1.21. The summed E-state index contributed by atoms with van der Waals surface area (Å²) in [5, 5.41) is 0. The lowest BCUT2D eigenvalue weighted by Crippen LogP contribution is -2.19. The van der Waals surface area contributed by atoms with Crippen molar-refractivity contribution in [3.63, 3.8) is 0 Å². The van der Waals surface area contributed by atoms with Crippen LogP contribution in [0.2, 0.25) is 0 Å². The summed E-state index contributed by atoms with van der Waals surface area (Å²) in [6.45, 7) is 2.09. The largest absolute Gasteiger partial charge is 0.384 e. The van der Waals surface area contributed by atoms with Gasteiger partial charge < -0.3 is 14.2 Å². The molecule has 0 aromatic carbocycles. The lowest BCUT2D eigenvalue weighted by molar-refractivity contribution is 0.0361. The maximum atomic E-state index is 4.95. The first-order valence-electron chi connectivity index (χ1n) is 3.32. The molecular formula is C7H16O3. The summed E-state index contributed by atoms with van der Waals surface area (Å²) < 4.78 is 14.8. The number of rotatable bonds is 6. The van der Waals surface area contributed by atoms with Gasteiger partial charge in [-0.3, -0.25) is 0 Å². The van der Waals surface area contributed by atoms with Crippen LogP contribution in [-0.2, 0) is 14.2 Å². The van der Waals surface area contributed by atoms with Crippen molar-refractivity contribution in [2.75, 3.05) is 41.2 Å². The van der Waals surface area contributed by atoms with Crippen LogP contribution < -0.4 is 0 Å². The molecule has 0 bridgehead atoms. The molecule has 3 heteroatoms. The second kappa shape index (κ2) is 6.99. The van der Waals surface area contributed by atoms with Crippen LogP contribution in [0.25, 0.3) is 0 Å². The van der Waals surface area contributed by atoms with E-state index >= 15 is 0 Å². The molecular weight excluding hydrogens is 132 g/mol. The molecule has 0 radical (unpaired) electrons. The van der Waals surface area contributed by atoms with Crippen LogP contribution in [0.5, 0.6) is 0 Å². The van der Waals surface area contributed by atoms with Crippen LogP contribution in [0.4, 0.5) is 0 Å². The third kappa shape index (κ3) is 4.73. The van der Waals surface area contributed by atoms with Gasteiger partial charge in [-0.1, -0.05) is 0 Å². The van der Waals surface area contributed by atoms with Gasteiger partial charge >= 0.3 is 0 Å². The summed E-state index contributed by atoms with van der Waals surface area (Å²) in [4.78, 5) is 0. The molecule has 0 aliphatic heterocycles. The van der Waals surface area contributed by atoms with Gasteiger partial charge in [-0.15, -0.1) is 0 Å². The minimum absolute atomic E-state index is 0.361. The molecule has 10 heavy (non-hydrogen) atoms. The molecule has 0 N–H and O–H groups in total. The smallest absolute Gasteiger partial charge is 0.0534 e. The molecule has 0 amide bonds. The zero-order valence-corrected chi connectivity index (χ0v) is 6.92. The Morgan fingerprint density at radius 2 is 1.10 bits per heavy atom. The molecule has 0 heterocycles. The fourth-order valence-corrected chi connectivity index (χ4v) is 0.851. The van der Waals surface area contributed by atoms with E-state index in [1.807, 2.05) is 0 Å². The molecule has 0 saturated carbocycles. The van der Waals surface area contributed by atoms with Crippen molar-refractivity contribution in [2.24, 2.45) is 5.92 Å². The second-order valence-electron chi connectivity index (χ2n) is 2.23. The van der Waals surface area contributed by atoms with E-state index in [-0.39, 0.29) is 0 Å². The molecule has 62 valence electrons. The molecule has 0 spiro atoms. The highest BCUT2D eigenvalue weighted by atomic mass is 16.5. The fourth-order valence-electron chi connectivity index (χ4n) is 0.851.